The van der Waals surface area contributed by atoms with Crippen molar-refractivity contribution < 1.29 is 23.9 Å². The number of hydrogen-bond donors (Lipinski definition) is 1. The van der Waals surface area contributed by atoms with Gasteiger partial charge in [0.05, 0.1) is 26.1 Å². The number of carbonyl (C=O) groups is 1. The highest BCUT2D eigenvalue weighted by atomic mass is 16.5. The number of benzene rings is 1. The molecule has 2 aliphatic carbocycles. The first kappa shape index (κ1) is 14.7. The van der Waals surface area contributed by atoms with Gasteiger partial charge in [0.15, 0.2) is 23.4 Å². The van der Waals surface area contributed by atoms with Gasteiger partial charge in [0.25, 0.3) is 0 Å². The molecule has 2 bridgehead atoms. The summed E-state index contributed by atoms with van der Waals surface area (Å²) in [6.45, 7) is 0.984. The zero-order chi connectivity index (χ0) is 16.9. The van der Waals surface area contributed by atoms with Crippen molar-refractivity contribution in [2.45, 2.75) is 48.8 Å². The number of methoxy groups -OCH3 is 1. The predicted octanol–water partition coefficient (Wildman–Crippen LogP) is 1.54. The van der Waals surface area contributed by atoms with Crippen LogP contribution in [0.15, 0.2) is 12.1 Å². The van der Waals surface area contributed by atoms with Gasteiger partial charge in [-0.25, -0.2) is 0 Å². The normalized spacial score (nSPS) is 40.9. The van der Waals surface area contributed by atoms with E-state index in [-0.39, 0.29) is 11.5 Å². The molecule has 4 aliphatic rings. The van der Waals surface area contributed by atoms with Gasteiger partial charge in [0, 0.05) is 31.9 Å². The molecule has 1 saturated heterocycles. The fourth-order valence-electron chi connectivity index (χ4n) is 6.33. The lowest BCUT2D eigenvalue weighted by atomic mass is 9.48. The van der Waals surface area contributed by atoms with Crippen LogP contribution in [-0.4, -0.2) is 60.9 Å². The van der Waals surface area contributed by atoms with Crippen LogP contribution in [0.2, 0.25) is 0 Å². The number of ketones is 1. The van der Waals surface area contributed by atoms with Crippen LogP contribution in [0, 0.1) is 0 Å². The van der Waals surface area contributed by atoms with E-state index in [0.717, 1.165) is 35.9 Å². The van der Waals surface area contributed by atoms with Crippen LogP contribution in [0.3, 0.4) is 0 Å². The first-order valence-corrected chi connectivity index (χ1v) is 8.80. The Balaban J connectivity index is 1.89. The molecule has 2 heterocycles. The molecule has 5 heteroatoms. The van der Waals surface area contributed by atoms with E-state index in [0.29, 0.717) is 18.2 Å². The summed E-state index contributed by atoms with van der Waals surface area (Å²) in [5.74, 6) is 0.824. The number of quaternary nitrogens is 1. The van der Waals surface area contributed by atoms with Gasteiger partial charge in [-0.05, 0) is 18.1 Å². The molecule has 2 aliphatic heterocycles. The lowest BCUT2D eigenvalue weighted by Crippen LogP contribution is -2.80. The smallest absolute Gasteiger partial charge is 0.174 e. The Kier molecular flexibility index (Phi) is 2.54. The van der Waals surface area contributed by atoms with Gasteiger partial charge in [-0.3, -0.25) is 4.79 Å². The molecule has 1 N–H and O–H groups in total. The molecule has 128 valence electrons. The number of carbonyl (C=O) groups excluding carboxylic acids is 1. The van der Waals surface area contributed by atoms with E-state index >= 15 is 0 Å². The largest absolute Gasteiger partial charge is 0.504 e. The number of aromatic hydroxyl groups is 1. The maximum absolute atomic E-state index is 12.8. The summed E-state index contributed by atoms with van der Waals surface area (Å²) in [4.78, 5) is 12.8. The molecule has 2 fully saturated rings. The van der Waals surface area contributed by atoms with Gasteiger partial charge >= 0.3 is 0 Å². The van der Waals surface area contributed by atoms with Crippen molar-refractivity contribution in [3.63, 3.8) is 0 Å². The van der Waals surface area contributed by atoms with E-state index in [1.54, 1.807) is 13.2 Å². The molecule has 4 atom stereocenters. The van der Waals surface area contributed by atoms with Crippen LogP contribution in [0.4, 0.5) is 0 Å². The maximum Gasteiger partial charge on any atom is 0.174 e. The number of rotatable bonds is 1. The lowest BCUT2D eigenvalue weighted by Gasteiger charge is -2.64. The Morgan fingerprint density at radius 2 is 2.12 bits per heavy atom. The summed E-state index contributed by atoms with van der Waals surface area (Å²) in [5.41, 5.74) is 1.42. The van der Waals surface area contributed by atoms with Gasteiger partial charge in [0.1, 0.15) is 11.6 Å². The molecule has 0 aromatic heterocycles. The second kappa shape index (κ2) is 4.14. The predicted molar refractivity (Wildman–Crippen MR) is 87.3 cm³/mol. The van der Waals surface area contributed by atoms with Crippen molar-refractivity contribution in [2.75, 3.05) is 27.7 Å². The van der Waals surface area contributed by atoms with Crippen LogP contribution >= 0.6 is 0 Å². The quantitative estimate of drug-likeness (QED) is 0.794. The Morgan fingerprint density at radius 3 is 2.88 bits per heavy atom. The van der Waals surface area contributed by atoms with Gasteiger partial charge in [-0.15, -0.1) is 0 Å². The average molecular weight is 330 g/mol. The minimum atomic E-state index is -0.517. The minimum Gasteiger partial charge on any atom is -0.504 e. The third kappa shape index (κ3) is 1.32. The standard InChI is InChI=1S/C19H23NO4/c1-20(2)9-8-18-15-11-4-5-12(21)16(15)24-17(18)13(22)6-7-19(18,23-3)14(20)10-11/h4-5,14,17H,6-10H2,1-3H3/p+1. The van der Waals surface area contributed by atoms with Crippen molar-refractivity contribution >= 4 is 5.78 Å². The van der Waals surface area contributed by atoms with E-state index in [4.69, 9.17) is 9.47 Å². The monoisotopic (exact) mass is 330 g/mol. The Bertz CT molecular complexity index is 773. The molecule has 5 nitrogen and oxygen atoms in total. The molecule has 4 unspecified atom stereocenters. The van der Waals surface area contributed by atoms with E-state index < -0.39 is 17.1 Å². The highest BCUT2D eigenvalue weighted by Crippen LogP contribution is 2.66. The van der Waals surface area contributed by atoms with Crippen molar-refractivity contribution in [2.24, 2.45) is 0 Å². The van der Waals surface area contributed by atoms with Gasteiger partial charge in [0.2, 0.25) is 0 Å². The summed E-state index contributed by atoms with van der Waals surface area (Å²) in [6, 6.07) is 4.01. The number of likely N-dealkylation sites (N-methyl/N-ethyl adjacent to an activating group) is 1. The molecule has 5 rings (SSSR count). The number of hydrogen-bond acceptors (Lipinski definition) is 4. The molecule has 0 amide bonds. The third-order valence-electron chi connectivity index (χ3n) is 7.38. The van der Waals surface area contributed by atoms with Gasteiger partial charge in [-0.2, -0.15) is 0 Å². The fraction of sp³-hybridized carbons (Fsp3) is 0.632. The molecular formula is C19H24NO4+. The van der Waals surface area contributed by atoms with E-state index in [9.17, 15) is 9.90 Å². The Hall–Kier alpha value is -1.59. The summed E-state index contributed by atoms with van der Waals surface area (Å²) in [6.07, 6.45) is 2.46. The van der Waals surface area contributed by atoms with Crippen molar-refractivity contribution in [1.29, 1.82) is 0 Å². The van der Waals surface area contributed by atoms with E-state index in [2.05, 4.69) is 14.1 Å². The first-order chi connectivity index (χ1) is 11.4. The van der Waals surface area contributed by atoms with Gasteiger partial charge in [-0.1, -0.05) is 6.07 Å². The molecule has 1 spiro atoms. The van der Waals surface area contributed by atoms with E-state index in [1.165, 1.54) is 5.56 Å². The number of phenols is 1. The molecular weight excluding hydrogens is 306 g/mol. The molecule has 1 aromatic rings. The zero-order valence-electron chi connectivity index (χ0n) is 14.5. The molecule has 0 radical (unpaired) electrons. The average Bonchev–Trinajstić information content (AvgIpc) is 2.92. The topological polar surface area (TPSA) is 55.8 Å². The zero-order valence-corrected chi connectivity index (χ0v) is 14.5. The van der Waals surface area contributed by atoms with Gasteiger partial charge < -0.3 is 19.1 Å². The van der Waals surface area contributed by atoms with Crippen LogP contribution in [0.25, 0.3) is 0 Å². The van der Waals surface area contributed by atoms with Crippen LogP contribution in [0.1, 0.15) is 30.4 Å². The molecule has 24 heavy (non-hydrogen) atoms. The van der Waals surface area contributed by atoms with Crippen molar-refractivity contribution in [1.82, 2.24) is 0 Å². The fourth-order valence-corrected chi connectivity index (χ4v) is 6.33. The maximum atomic E-state index is 12.8. The number of likely N-dealkylation sites (tertiary alicyclic amines) is 1. The van der Waals surface area contributed by atoms with Crippen LogP contribution in [0.5, 0.6) is 11.5 Å². The lowest BCUT2D eigenvalue weighted by molar-refractivity contribution is -0.931. The second-order valence-corrected chi connectivity index (χ2v) is 8.45. The Morgan fingerprint density at radius 1 is 1.33 bits per heavy atom. The summed E-state index contributed by atoms with van der Waals surface area (Å²) < 4.78 is 13.3. The third-order valence-corrected chi connectivity index (χ3v) is 7.38. The number of nitrogens with zero attached hydrogens (tertiary/aromatic N) is 1. The second-order valence-electron chi connectivity index (χ2n) is 8.45. The van der Waals surface area contributed by atoms with Crippen molar-refractivity contribution in [3.05, 3.63) is 23.3 Å². The molecule has 1 aromatic carbocycles. The highest BCUT2D eigenvalue weighted by Gasteiger charge is 2.76. The molecule has 1 saturated carbocycles. The summed E-state index contributed by atoms with van der Waals surface area (Å²) in [7, 11) is 6.33. The van der Waals surface area contributed by atoms with Crippen LogP contribution < -0.4 is 4.74 Å². The Labute approximate surface area is 141 Å². The van der Waals surface area contributed by atoms with E-state index in [1.807, 2.05) is 6.07 Å². The van der Waals surface area contributed by atoms with Crippen LogP contribution in [-0.2, 0) is 21.4 Å². The van der Waals surface area contributed by atoms with Crippen molar-refractivity contribution in [3.8, 4) is 11.5 Å². The first-order valence-electron chi connectivity index (χ1n) is 8.80. The number of Topliss-reactive ketones (excluding diaryl/α,β-unsaturated/α-hetero) is 1. The number of ether oxygens (including phenoxy) is 2. The SMILES string of the molecule is COC12CCC(=O)C3Oc4c(O)ccc5c4C31CC[N+](C)(C)C2C5. The summed E-state index contributed by atoms with van der Waals surface area (Å²) >= 11 is 0. The minimum absolute atomic E-state index is 0.146. The number of phenolic OH excluding ortho intramolecular Hbond substituents is 1. The number of piperidine rings is 1. The highest BCUT2D eigenvalue weighted by molar-refractivity contribution is 5.90. The summed E-state index contributed by atoms with van der Waals surface area (Å²) in [5, 5.41) is 10.4.